The van der Waals surface area contributed by atoms with Crippen LogP contribution in [0.15, 0.2) is 18.5 Å². The zero-order valence-electron chi connectivity index (χ0n) is 12.2. The van der Waals surface area contributed by atoms with Crippen LogP contribution in [0.5, 0.6) is 0 Å². The Balaban J connectivity index is 1.85. The summed E-state index contributed by atoms with van der Waals surface area (Å²) in [6.45, 7) is 3.19. The van der Waals surface area contributed by atoms with E-state index in [0.717, 1.165) is 31.9 Å². The fourth-order valence-corrected chi connectivity index (χ4v) is 2.37. The first-order valence-corrected chi connectivity index (χ1v) is 7.11. The molecule has 2 heterocycles. The molecule has 1 unspecified atom stereocenters. The van der Waals surface area contributed by atoms with Gasteiger partial charge in [-0.05, 0) is 33.0 Å². The number of rotatable bonds is 5. The fraction of sp³-hybridized carbons (Fsp3) is 0.643. The molecule has 1 aliphatic rings. The molecule has 0 saturated carbocycles. The van der Waals surface area contributed by atoms with Crippen LogP contribution in [-0.4, -0.2) is 61.0 Å². The van der Waals surface area contributed by atoms with E-state index in [0.29, 0.717) is 13.1 Å². The van der Waals surface area contributed by atoms with Crippen molar-refractivity contribution in [2.75, 3.05) is 45.2 Å². The van der Waals surface area contributed by atoms with E-state index in [1.165, 1.54) is 0 Å². The second-order valence-corrected chi connectivity index (χ2v) is 5.43. The van der Waals surface area contributed by atoms with E-state index in [4.69, 9.17) is 0 Å². The fourth-order valence-electron chi connectivity index (χ4n) is 2.37. The van der Waals surface area contributed by atoms with Gasteiger partial charge in [0.15, 0.2) is 0 Å². The maximum atomic E-state index is 12.2. The van der Waals surface area contributed by atoms with Crippen LogP contribution in [0.25, 0.3) is 0 Å². The Morgan fingerprint density at radius 3 is 2.90 bits per heavy atom. The Morgan fingerprint density at radius 1 is 1.45 bits per heavy atom. The molecule has 1 N–H and O–H groups in total. The van der Waals surface area contributed by atoms with Gasteiger partial charge in [0.05, 0.1) is 5.92 Å². The van der Waals surface area contributed by atoms with E-state index in [2.05, 4.69) is 25.1 Å². The Labute approximate surface area is 120 Å². The standard InChI is InChI=1S/C14H23N5O/c1-18(2)10-8-15-13(20)12-5-3-9-19(11-12)14-16-6-4-7-17-14/h4,6-7,12H,3,5,8-11H2,1-2H3,(H,15,20). The lowest BCUT2D eigenvalue weighted by atomic mass is 9.97. The lowest BCUT2D eigenvalue weighted by Crippen LogP contribution is -2.44. The van der Waals surface area contributed by atoms with E-state index in [-0.39, 0.29) is 11.8 Å². The number of hydrogen-bond donors (Lipinski definition) is 1. The van der Waals surface area contributed by atoms with Gasteiger partial charge in [0.2, 0.25) is 11.9 Å². The monoisotopic (exact) mass is 277 g/mol. The summed E-state index contributed by atoms with van der Waals surface area (Å²) in [6.07, 6.45) is 5.42. The number of aromatic nitrogens is 2. The highest BCUT2D eigenvalue weighted by Gasteiger charge is 2.26. The predicted octanol–water partition coefficient (Wildman–Crippen LogP) is 0.371. The molecular formula is C14H23N5O. The third-order valence-electron chi connectivity index (χ3n) is 3.49. The Kier molecular flexibility index (Phi) is 5.29. The molecule has 0 radical (unpaired) electrons. The van der Waals surface area contributed by atoms with Gasteiger partial charge in [0, 0.05) is 38.6 Å². The summed E-state index contributed by atoms with van der Waals surface area (Å²) in [6, 6.07) is 1.80. The van der Waals surface area contributed by atoms with Gasteiger partial charge in [0.25, 0.3) is 0 Å². The number of carbonyl (C=O) groups is 1. The Bertz CT molecular complexity index is 423. The first-order valence-electron chi connectivity index (χ1n) is 7.11. The van der Waals surface area contributed by atoms with Crippen LogP contribution < -0.4 is 10.2 Å². The molecule has 1 aromatic heterocycles. The molecule has 0 spiro atoms. The van der Waals surface area contributed by atoms with Crippen molar-refractivity contribution in [2.45, 2.75) is 12.8 Å². The van der Waals surface area contributed by atoms with Gasteiger partial charge in [-0.15, -0.1) is 0 Å². The predicted molar refractivity (Wildman–Crippen MR) is 78.5 cm³/mol. The summed E-state index contributed by atoms with van der Waals surface area (Å²) in [7, 11) is 4.00. The number of carbonyl (C=O) groups excluding carboxylic acids is 1. The van der Waals surface area contributed by atoms with E-state index in [9.17, 15) is 4.79 Å². The molecule has 0 aromatic carbocycles. The number of nitrogens with zero attached hydrogens (tertiary/aromatic N) is 4. The molecule has 6 heteroatoms. The van der Waals surface area contributed by atoms with E-state index >= 15 is 0 Å². The van der Waals surface area contributed by atoms with Crippen molar-refractivity contribution in [2.24, 2.45) is 5.92 Å². The molecule has 1 amide bonds. The van der Waals surface area contributed by atoms with Crippen LogP contribution in [0.2, 0.25) is 0 Å². The third kappa shape index (κ3) is 4.16. The smallest absolute Gasteiger partial charge is 0.225 e. The van der Waals surface area contributed by atoms with Gasteiger partial charge in [-0.1, -0.05) is 0 Å². The average molecular weight is 277 g/mol. The van der Waals surface area contributed by atoms with Crippen molar-refractivity contribution >= 4 is 11.9 Å². The number of nitrogens with one attached hydrogen (secondary N) is 1. The van der Waals surface area contributed by atoms with Crippen molar-refractivity contribution in [1.82, 2.24) is 20.2 Å². The summed E-state index contributed by atoms with van der Waals surface area (Å²) in [5.74, 6) is 0.903. The first-order chi connectivity index (χ1) is 9.66. The number of anilines is 1. The highest BCUT2D eigenvalue weighted by atomic mass is 16.1. The summed E-state index contributed by atoms with van der Waals surface area (Å²) in [5, 5.41) is 3.01. The number of amides is 1. The molecule has 1 fully saturated rings. The molecule has 2 rings (SSSR count). The largest absolute Gasteiger partial charge is 0.355 e. The van der Waals surface area contributed by atoms with E-state index < -0.39 is 0 Å². The van der Waals surface area contributed by atoms with Gasteiger partial charge < -0.3 is 15.1 Å². The Morgan fingerprint density at radius 2 is 2.20 bits per heavy atom. The molecule has 0 bridgehead atoms. The van der Waals surface area contributed by atoms with E-state index in [1.54, 1.807) is 18.5 Å². The molecular weight excluding hydrogens is 254 g/mol. The molecule has 1 saturated heterocycles. The van der Waals surface area contributed by atoms with Crippen molar-refractivity contribution in [3.05, 3.63) is 18.5 Å². The minimum atomic E-state index is 0.0368. The summed E-state index contributed by atoms with van der Waals surface area (Å²) < 4.78 is 0. The molecule has 1 atom stereocenters. The first kappa shape index (κ1) is 14.7. The molecule has 20 heavy (non-hydrogen) atoms. The Hall–Kier alpha value is -1.69. The topological polar surface area (TPSA) is 61.4 Å². The number of piperidine rings is 1. The average Bonchev–Trinajstić information content (AvgIpc) is 2.48. The van der Waals surface area contributed by atoms with Crippen LogP contribution in [0.3, 0.4) is 0 Å². The van der Waals surface area contributed by atoms with Crippen molar-refractivity contribution in [3.63, 3.8) is 0 Å². The minimum Gasteiger partial charge on any atom is -0.355 e. The van der Waals surface area contributed by atoms with Crippen LogP contribution in [0, 0.1) is 5.92 Å². The maximum absolute atomic E-state index is 12.2. The van der Waals surface area contributed by atoms with Gasteiger partial charge in [-0.3, -0.25) is 4.79 Å². The zero-order chi connectivity index (χ0) is 14.4. The lowest BCUT2D eigenvalue weighted by molar-refractivity contribution is -0.125. The molecule has 1 aliphatic heterocycles. The molecule has 6 nitrogen and oxygen atoms in total. The second kappa shape index (κ2) is 7.19. The van der Waals surface area contributed by atoms with Gasteiger partial charge in [-0.2, -0.15) is 0 Å². The van der Waals surface area contributed by atoms with Crippen LogP contribution in [-0.2, 0) is 4.79 Å². The highest BCUT2D eigenvalue weighted by molar-refractivity contribution is 5.79. The van der Waals surface area contributed by atoms with Crippen molar-refractivity contribution < 1.29 is 4.79 Å². The number of likely N-dealkylation sites (N-methyl/N-ethyl adjacent to an activating group) is 1. The highest BCUT2D eigenvalue weighted by Crippen LogP contribution is 2.19. The molecule has 1 aromatic rings. The number of hydrogen-bond acceptors (Lipinski definition) is 5. The summed E-state index contributed by atoms with van der Waals surface area (Å²) in [5.41, 5.74) is 0. The summed E-state index contributed by atoms with van der Waals surface area (Å²) >= 11 is 0. The second-order valence-electron chi connectivity index (χ2n) is 5.43. The molecule has 110 valence electrons. The van der Waals surface area contributed by atoms with Crippen LogP contribution >= 0.6 is 0 Å². The zero-order valence-corrected chi connectivity index (χ0v) is 12.2. The van der Waals surface area contributed by atoms with Gasteiger partial charge >= 0.3 is 0 Å². The minimum absolute atomic E-state index is 0.0368. The van der Waals surface area contributed by atoms with Gasteiger partial charge in [0.1, 0.15) is 0 Å². The van der Waals surface area contributed by atoms with Crippen LogP contribution in [0.4, 0.5) is 5.95 Å². The van der Waals surface area contributed by atoms with Crippen molar-refractivity contribution in [1.29, 1.82) is 0 Å². The maximum Gasteiger partial charge on any atom is 0.225 e. The van der Waals surface area contributed by atoms with Crippen LogP contribution in [0.1, 0.15) is 12.8 Å². The SMILES string of the molecule is CN(C)CCNC(=O)C1CCCN(c2ncccn2)C1. The van der Waals surface area contributed by atoms with Gasteiger partial charge in [-0.25, -0.2) is 9.97 Å². The normalized spacial score (nSPS) is 19.1. The summed E-state index contributed by atoms with van der Waals surface area (Å²) in [4.78, 5) is 24.8. The molecule has 0 aliphatic carbocycles. The van der Waals surface area contributed by atoms with E-state index in [1.807, 2.05) is 14.1 Å². The third-order valence-corrected chi connectivity index (χ3v) is 3.49. The quantitative estimate of drug-likeness (QED) is 0.842. The lowest BCUT2D eigenvalue weighted by Gasteiger charge is -2.32. The van der Waals surface area contributed by atoms with Crippen molar-refractivity contribution in [3.8, 4) is 0 Å².